The lowest BCUT2D eigenvalue weighted by molar-refractivity contribution is -0.136. The number of benzene rings is 1. The Labute approximate surface area is 134 Å². The Morgan fingerprint density at radius 1 is 1.14 bits per heavy atom. The molecule has 0 amide bonds. The molecule has 22 heavy (non-hydrogen) atoms. The van der Waals surface area contributed by atoms with E-state index >= 15 is 0 Å². The maximum atomic E-state index is 12.9. The van der Waals surface area contributed by atoms with E-state index in [9.17, 15) is 13.2 Å². The lowest BCUT2D eigenvalue weighted by Crippen LogP contribution is -2.26. The van der Waals surface area contributed by atoms with Gasteiger partial charge in [-0.3, -0.25) is 5.43 Å². The van der Waals surface area contributed by atoms with Crippen LogP contribution in [0.4, 0.5) is 18.9 Å². The van der Waals surface area contributed by atoms with Gasteiger partial charge in [0.05, 0.1) is 11.3 Å². The third kappa shape index (κ3) is 6.01. The molecule has 1 aromatic rings. The molecule has 7 heteroatoms. The van der Waals surface area contributed by atoms with Crippen LogP contribution in [0.1, 0.15) is 45.1 Å². The average molecular weight is 331 g/mol. The monoisotopic (exact) mass is 331 g/mol. The Kier molecular flexibility index (Phi) is 7.31. The molecule has 0 aliphatic rings. The van der Waals surface area contributed by atoms with Gasteiger partial charge < -0.3 is 5.32 Å². The van der Waals surface area contributed by atoms with E-state index in [1.807, 2.05) is 13.8 Å². The number of alkyl halides is 3. The molecule has 0 unspecified atom stereocenters. The number of rotatable bonds is 6. The number of halogens is 3. The fourth-order valence-electron chi connectivity index (χ4n) is 1.93. The molecule has 2 N–H and O–H groups in total. The van der Waals surface area contributed by atoms with E-state index < -0.39 is 11.7 Å². The highest BCUT2D eigenvalue weighted by Gasteiger charge is 2.33. The summed E-state index contributed by atoms with van der Waals surface area (Å²) in [5.41, 5.74) is 2.73. The van der Waals surface area contributed by atoms with Gasteiger partial charge in [0.2, 0.25) is 0 Å². The standard InChI is InChI=1S/C15H20F3N3S/c1-3-7-11(8-4-2)20-21-14(22)19-13-10-6-5-9-12(13)15(16,17)18/h5-6,9-10H,3-4,7-8H2,1-2H3,(H2,19,21,22). The van der Waals surface area contributed by atoms with E-state index in [0.717, 1.165) is 37.5 Å². The molecule has 0 saturated carbocycles. The number of hydrogen-bond acceptors (Lipinski definition) is 2. The average Bonchev–Trinajstić information content (AvgIpc) is 2.45. The zero-order valence-electron chi connectivity index (χ0n) is 12.6. The Hall–Kier alpha value is -1.63. The van der Waals surface area contributed by atoms with Crippen LogP contribution in [-0.4, -0.2) is 10.8 Å². The third-order valence-electron chi connectivity index (χ3n) is 2.87. The van der Waals surface area contributed by atoms with E-state index in [0.29, 0.717) is 0 Å². The van der Waals surface area contributed by atoms with Crippen LogP contribution < -0.4 is 10.7 Å². The van der Waals surface area contributed by atoms with Crippen LogP contribution in [0.25, 0.3) is 0 Å². The fraction of sp³-hybridized carbons (Fsp3) is 0.467. The summed E-state index contributed by atoms with van der Waals surface area (Å²) in [6, 6.07) is 5.19. The molecule has 0 spiro atoms. The Morgan fingerprint density at radius 3 is 2.27 bits per heavy atom. The highest BCUT2D eigenvalue weighted by Crippen LogP contribution is 2.34. The number of nitrogens with one attached hydrogen (secondary N) is 2. The van der Waals surface area contributed by atoms with Crippen molar-refractivity contribution in [1.82, 2.24) is 5.43 Å². The summed E-state index contributed by atoms with van der Waals surface area (Å²) in [6.45, 7) is 4.09. The van der Waals surface area contributed by atoms with E-state index in [1.54, 1.807) is 0 Å². The molecule has 0 saturated heterocycles. The van der Waals surface area contributed by atoms with E-state index in [-0.39, 0.29) is 10.8 Å². The molecule has 1 rings (SSSR count). The number of hydrazone groups is 1. The van der Waals surface area contributed by atoms with Gasteiger partial charge in [-0.25, -0.2) is 0 Å². The smallest absolute Gasteiger partial charge is 0.331 e. The molecule has 0 fully saturated rings. The molecule has 1 aromatic carbocycles. The number of thiocarbonyl (C=S) groups is 1. The summed E-state index contributed by atoms with van der Waals surface area (Å²) in [4.78, 5) is 0. The molecule has 3 nitrogen and oxygen atoms in total. The van der Waals surface area contributed by atoms with Crippen LogP contribution in [0.15, 0.2) is 29.4 Å². The number of hydrogen-bond donors (Lipinski definition) is 2. The number of anilines is 1. The first-order valence-electron chi connectivity index (χ1n) is 7.17. The first kappa shape index (κ1) is 18.4. The van der Waals surface area contributed by atoms with Gasteiger partial charge in [0.25, 0.3) is 0 Å². The summed E-state index contributed by atoms with van der Waals surface area (Å²) < 4.78 is 38.6. The van der Waals surface area contributed by atoms with Crippen LogP contribution in [0.3, 0.4) is 0 Å². The molecule has 0 radical (unpaired) electrons. The second-order valence-electron chi connectivity index (χ2n) is 4.79. The van der Waals surface area contributed by atoms with Crippen molar-refractivity contribution in [3.05, 3.63) is 29.8 Å². The number of para-hydroxylation sites is 1. The maximum absolute atomic E-state index is 12.9. The van der Waals surface area contributed by atoms with Crippen LogP contribution >= 0.6 is 12.2 Å². The van der Waals surface area contributed by atoms with Gasteiger partial charge in [-0.05, 0) is 37.2 Å². The molecular formula is C15H20F3N3S. The first-order valence-corrected chi connectivity index (χ1v) is 7.58. The van der Waals surface area contributed by atoms with Gasteiger partial charge in [0, 0.05) is 5.71 Å². The second kappa shape index (κ2) is 8.73. The van der Waals surface area contributed by atoms with Crippen molar-refractivity contribution < 1.29 is 13.2 Å². The molecule has 0 aliphatic carbocycles. The van der Waals surface area contributed by atoms with Crippen molar-refractivity contribution >= 4 is 28.7 Å². The SMILES string of the molecule is CCCC(CCC)=NNC(=S)Nc1ccccc1C(F)(F)F. The predicted octanol–water partition coefficient (Wildman–Crippen LogP) is 4.95. The topological polar surface area (TPSA) is 36.4 Å². The maximum Gasteiger partial charge on any atom is 0.418 e. The van der Waals surface area contributed by atoms with Crippen LogP contribution in [0.5, 0.6) is 0 Å². The normalized spacial score (nSPS) is 11.0. The van der Waals surface area contributed by atoms with E-state index in [2.05, 4.69) is 15.8 Å². The molecule has 0 aliphatic heterocycles. The molecule has 122 valence electrons. The molecule has 0 bridgehead atoms. The van der Waals surface area contributed by atoms with Crippen LogP contribution in [0, 0.1) is 0 Å². The van der Waals surface area contributed by atoms with Gasteiger partial charge in [-0.15, -0.1) is 0 Å². The van der Waals surface area contributed by atoms with Gasteiger partial charge in [0.15, 0.2) is 5.11 Å². The van der Waals surface area contributed by atoms with Crippen molar-refractivity contribution in [3.8, 4) is 0 Å². The zero-order chi connectivity index (χ0) is 16.6. The van der Waals surface area contributed by atoms with Crippen molar-refractivity contribution in [1.29, 1.82) is 0 Å². The summed E-state index contributed by atoms with van der Waals surface area (Å²) in [5, 5.41) is 6.77. The summed E-state index contributed by atoms with van der Waals surface area (Å²) >= 11 is 5.01. The van der Waals surface area contributed by atoms with Crippen LogP contribution in [0.2, 0.25) is 0 Å². The quantitative estimate of drug-likeness (QED) is 0.440. The van der Waals surface area contributed by atoms with Crippen molar-refractivity contribution in [2.45, 2.75) is 45.7 Å². The highest BCUT2D eigenvalue weighted by atomic mass is 32.1. The molecule has 0 atom stereocenters. The first-order chi connectivity index (χ1) is 10.4. The summed E-state index contributed by atoms with van der Waals surface area (Å²) in [5.74, 6) is 0. The van der Waals surface area contributed by atoms with Gasteiger partial charge >= 0.3 is 6.18 Å². The van der Waals surface area contributed by atoms with Crippen LogP contribution in [-0.2, 0) is 6.18 Å². The third-order valence-corrected chi connectivity index (χ3v) is 3.07. The Bertz CT molecular complexity index is 519. The lowest BCUT2D eigenvalue weighted by atomic mass is 10.1. The lowest BCUT2D eigenvalue weighted by Gasteiger charge is -2.14. The largest absolute Gasteiger partial charge is 0.418 e. The zero-order valence-corrected chi connectivity index (χ0v) is 13.4. The molecule has 0 aromatic heterocycles. The minimum atomic E-state index is -4.43. The Balaban J connectivity index is 2.75. The second-order valence-corrected chi connectivity index (χ2v) is 5.20. The van der Waals surface area contributed by atoms with Gasteiger partial charge in [-0.2, -0.15) is 18.3 Å². The molecular weight excluding hydrogens is 311 g/mol. The summed E-state index contributed by atoms with van der Waals surface area (Å²) in [7, 11) is 0. The number of nitrogens with zero attached hydrogens (tertiary/aromatic N) is 1. The minimum absolute atomic E-state index is 0.0430. The van der Waals surface area contributed by atoms with Crippen molar-refractivity contribution in [3.63, 3.8) is 0 Å². The highest BCUT2D eigenvalue weighted by molar-refractivity contribution is 7.80. The van der Waals surface area contributed by atoms with Gasteiger partial charge in [-0.1, -0.05) is 38.8 Å². The fourth-order valence-corrected chi connectivity index (χ4v) is 2.09. The van der Waals surface area contributed by atoms with E-state index in [4.69, 9.17) is 12.2 Å². The van der Waals surface area contributed by atoms with Crippen molar-refractivity contribution in [2.24, 2.45) is 5.10 Å². The van der Waals surface area contributed by atoms with Crippen molar-refractivity contribution in [2.75, 3.05) is 5.32 Å². The minimum Gasteiger partial charge on any atom is -0.331 e. The Morgan fingerprint density at radius 2 is 1.73 bits per heavy atom. The summed E-state index contributed by atoms with van der Waals surface area (Å²) in [6.07, 6.45) is -0.849. The molecule has 0 heterocycles. The predicted molar refractivity (Wildman–Crippen MR) is 88.1 cm³/mol. The van der Waals surface area contributed by atoms with E-state index in [1.165, 1.54) is 18.2 Å². The van der Waals surface area contributed by atoms with Gasteiger partial charge in [0.1, 0.15) is 0 Å².